The Kier molecular flexibility index (Phi) is 4.42. The number of nitrogens with zero attached hydrogens (tertiary/aromatic N) is 1. The van der Waals surface area contributed by atoms with Crippen LogP contribution in [0.3, 0.4) is 0 Å². The number of benzene rings is 1. The van der Waals surface area contributed by atoms with Crippen molar-refractivity contribution in [3.8, 4) is 0 Å². The van der Waals surface area contributed by atoms with Crippen molar-refractivity contribution in [2.24, 2.45) is 5.92 Å². The van der Waals surface area contributed by atoms with Gasteiger partial charge >= 0.3 is 0 Å². The molecule has 1 atom stereocenters. The van der Waals surface area contributed by atoms with E-state index >= 15 is 0 Å². The summed E-state index contributed by atoms with van der Waals surface area (Å²) < 4.78 is 14.5. The molecule has 1 aliphatic heterocycles. The van der Waals surface area contributed by atoms with Gasteiger partial charge in [0.05, 0.1) is 6.54 Å². The number of carbonyl (C=O) groups is 2. The molecule has 6 heteroatoms. The molecule has 1 N–H and O–H groups in total. The molecular weight excluding hydrogens is 327 g/mol. The molecule has 1 aliphatic rings. The van der Waals surface area contributed by atoms with E-state index in [9.17, 15) is 14.0 Å². The SMILES string of the molecule is CC(C)C1NC(=O)CN(Cc2cc(Br)ccc2F)C1=O. The van der Waals surface area contributed by atoms with Crippen LogP contribution in [0.1, 0.15) is 19.4 Å². The highest BCUT2D eigenvalue weighted by Gasteiger charge is 2.34. The monoisotopic (exact) mass is 342 g/mol. The number of amides is 2. The third-order valence-corrected chi connectivity index (χ3v) is 3.76. The van der Waals surface area contributed by atoms with E-state index < -0.39 is 6.04 Å². The Labute approximate surface area is 125 Å². The van der Waals surface area contributed by atoms with Crippen molar-refractivity contribution in [3.63, 3.8) is 0 Å². The maximum atomic E-state index is 13.7. The molecule has 0 spiro atoms. The van der Waals surface area contributed by atoms with Crippen LogP contribution in [0.15, 0.2) is 22.7 Å². The maximum Gasteiger partial charge on any atom is 0.246 e. The third-order valence-electron chi connectivity index (χ3n) is 3.26. The first-order valence-corrected chi connectivity index (χ1v) is 7.20. The Bertz CT molecular complexity index is 548. The van der Waals surface area contributed by atoms with Gasteiger partial charge in [0.25, 0.3) is 0 Å². The van der Waals surface area contributed by atoms with E-state index in [1.807, 2.05) is 13.8 Å². The number of nitrogens with one attached hydrogen (secondary N) is 1. The summed E-state index contributed by atoms with van der Waals surface area (Å²) in [7, 11) is 0. The predicted octanol–water partition coefficient (Wildman–Crippen LogP) is 2.07. The largest absolute Gasteiger partial charge is 0.343 e. The van der Waals surface area contributed by atoms with Gasteiger partial charge in [-0.05, 0) is 24.1 Å². The quantitative estimate of drug-likeness (QED) is 0.914. The number of hydrogen-bond acceptors (Lipinski definition) is 2. The summed E-state index contributed by atoms with van der Waals surface area (Å²) in [5.41, 5.74) is 0.393. The van der Waals surface area contributed by atoms with Crippen LogP contribution in [0.25, 0.3) is 0 Å². The number of rotatable bonds is 3. The lowest BCUT2D eigenvalue weighted by molar-refractivity contribution is -0.146. The molecule has 0 aromatic heterocycles. The van der Waals surface area contributed by atoms with Crippen LogP contribution in [0, 0.1) is 11.7 Å². The second-order valence-electron chi connectivity index (χ2n) is 5.22. The first kappa shape index (κ1) is 15.0. The van der Waals surface area contributed by atoms with Gasteiger partial charge in [0.1, 0.15) is 11.9 Å². The van der Waals surface area contributed by atoms with Crippen LogP contribution >= 0.6 is 15.9 Å². The Morgan fingerprint density at radius 2 is 2.15 bits per heavy atom. The Morgan fingerprint density at radius 3 is 2.80 bits per heavy atom. The van der Waals surface area contributed by atoms with Crippen LogP contribution in [0.5, 0.6) is 0 Å². The Hall–Kier alpha value is -1.43. The van der Waals surface area contributed by atoms with Gasteiger partial charge in [-0.1, -0.05) is 29.8 Å². The lowest BCUT2D eigenvalue weighted by Gasteiger charge is -2.34. The smallest absolute Gasteiger partial charge is 0.246 e. The zero-order valence-corrected chi connectivity index (χ0v) is 12.9. The van der Waals surface area contributed by atoms with Crippen molar-refractivity contribution in [1.82, 2.24) is 10.2 Å². The van der Waals surface area contributed by atoms with E-state index in [1.54, 1.807) is 12.1 Å². The molecule has 4 nitrogen and oxygen atoms in total. The summed E-state index contributed by atoms with van der Waals surface area (Å²) in [5, 5.41) is 2.67. The van der Waals surface area contributed by atoms with Crippen molar-refractivity contribution >= 4 is 27.7 Å². The fraction of sp³-hybridized carbons (Fsp3) is 0.429. The van der Waals surface area contributed by atoms with Crippen LogP contribution in [-0.2, 0) is 16.1 Å². The Balaban J connectivity index is 2.21. The summed E-state index contributed by atoms with van der Waals surface area (Å²) >= 11 is 3.27. The Morgan fingerprint density at radius 1 is 1.45 bits per heavy atom. The molecule has 2 amide bonds. The predicted molar refractivity (Wildman–Crippen MR) is 76.3 cm³/mol. The lowest BCUT2D eigenvalue weighted by atomic mass is 10.0. The zero-order chi connectivity index (χ0) is 14.9. The highest BCUT2D eigenvalue weighted by Crippen LogP contribution is 2.19. The van der Waals surface area contributed by atoms with Gasteiger partial charge in [0.2, 0.25) is 11.8 Å². The van der Waals surface area contributed by atoms with Crippen LogP contribution < -0.4 is 5.32 Å². The van der Waals surface area contributed by atoms with Gasteiger partial charge in [-0.3, -0.25) is 9.59 Å². The van der Waals surface area contributed by atoms with Crippen molar-refractivity contribution in [2.45, 2.75) is 26.4 Å². The van der Waals surface area contributed by atoms with E-state index in [4.69, 9.17) is 0 Å². The van der Waals surface area contributed by atoms with Crippen molar-refractivity contribution in [2.75, 3.05) is 6.54 Å². The van der Waals surface area contributed by atoms with E-state index in [1.165, 1.54) is 11.0 Å². The van der Waals surface area contributed by atoms with Crippen molar-refractivity contribution in [3.05, 3.63) is 34.1 Å². The van der Waals surface area contributed by atoms with Crippen LogP contribution in [0.2, 0.25) is 0 Å². The van der Waals surface area contributed by atoms with E-state index in [-0.39, 0.29) is 36.6 Å². The highest BCUT2D eigenvalue weighted by molar-refractivity contribution is 9.10. The van der Waals surface area contributed by atoms with E-state index in [0.717, 1.165) is 4.47 Å². The number of piperazine rings is 1. The topological polar surface area (TPSA) is 49.4 Å². The van der Waals surface area contributed by atoms with Crippen molar-refractivity contribution in [1.29, 1.82) is 0 Å². The zero-order valence-electron chi connectivity index (χ0n) is 11.3. The van der Waals surface area contributed by atoms with Gasteiger partial charge in [-0.2, -0.15) is 0 Å². The van der Waals surface area contributed by atoms with Gasteiger partial charge < -0.3 is 10.2 Å². The van der Waals surface area contributed by atoms with Gasteiger partial charge in [0, 0.05) is 16.6 Å². The molecule has 1 fully saturated rings. The molecule has 108 valence electrons. The summed E-state index contributed by atoms with van der Waals surface area (Å²) in [5.74, 6) is -0.757. The first-order valence-electron chi connectivity index (χ1n) is 6.40. The van der Waals surface area contributed by atoms with Gasteiger partial charge in [0.15, 0.2) is 0 Å². The lowest BCUT2D eigenvalue weighted by Crippen LogP contribution is -2.59. The second kappa shape index (κ2) is 5.91. The molecule has 0 radical (unpaired) electrons. The number of hydrogen-bond donors (Lipinski definition) is 1. The van der Waals surface area contributed by atoms with Gasteiger partial charge in [-0.15, -0.1) is 0 Å². The minimum absolute atomic E-state index is 0.00149. The van der Waals surface area contributed by atoms with E-state index in [0.29, 0.717) is 5.56 Å². The second-order valence-corrected chi connectivity index (χ2v) is 6.13. The summed E-state index contributed by atoms with van der Waals surface area (Å²) in [6.45, 7) is 3.80. The van der Waals surface area contributed by atoms with Gasteiger partial charge in [-0.25, -0.2) is 4.39 Å². The summed E-state index contributed by atoms with van der Waals surface area (Å²) in [6, 6.07) is 4.03. The molecule has 20 heavy (non-hydrogen) atoms. The molecular formula is C14H16BrFN2O2. The molecule has 1 heterocycles. The molecule has 0 aliphatic carbocycles. The minimum Gasteiger partial charge on any atom is -0.343 e. The highest BCUT2D eigenvalue weighted by atomic mass is 79.9. The molecule has 1 unspecified atom stereocenters. The molecule has 2 rings (SSSR count). The third kappa shape index (κ3) is 3.17. The summed E-state index contributed by atoms with van der Waals surface area (Å²) in [4.78, 5) is 25.4. The molecule has 1 aromatic rings. The average Bonchev–Trinajstić information content (AvgIpc) is 2.37. The molecule has 0 saturated carbocycles. The fourth-order valence-electron chi connectivity index (χ4n) is 2.18. The average molecular weight is 343 g/mol. The van der Waals surface area contributed by atoms with Crippen molar-refractivity contribution < 1.29 is 14.0 Å². The first-order chi connectivity index (χ1) is 9.38. The standard InChI is InChI=1S/C14H16BrFN2O2/c1-8(2)13-14(20)18(7-12(19)17-13)6-9-5-10(15)3-4-11(9)16/h3-5,8,13H,6-7H2,1-2H3,(H,17,19). The number of carbonyl (C=O) groups excluding carboxylic acids is 2. The van der Waals surface area contributed by atoms with Crippen LogP contribution in [0.4, 0.5) is 4.39 Å². The molecule has 0 bridgehead atoms. The van der Waals surface area contributed by atoms with E-state index in [2.05, 4.69) is 21.2 Å². The minimum atomic E-state index is -0.536. The van der Waals surface area contributed by atoms with Crippen LogP contribution in [-0.4, -0.2) is 29.3 Å². The number of halogens is 2. The summed E-state index contributed by atoms with van der Waals surface area (Å²) in [6.07, 6.45) is 0. The molecule has 1 saturated heterocycles. The maximum absolute atomic E-state index is 13.7. The normalized spacial score (nSPS) is 19.4. The fourth-order valence-corrected chi connectivity index (χ4v) is 2.59. The molecule has 1 aromatic carbocycles.